The number of ether oxygens (including phenoxy) is 1. The van der Waals surface area contributed by atoms with Crippen molar-refractivity contribution in [2.75, 3.05) is 24.3 Å². The molecule has 3 aromatic rings. The van der Waals surface area contributed by atoms with Gasteiger partial charge in [0.25, 0.3) is 0 Å². The minimum Gasteiger partial charge on any atom is -0.496 e. The van der Waals surface area contributed by atoms with Crippen molar-refractivity contribution in [3.8, 4) is 17.0 Å². The van der Waals surface area contributed by atoms with E-state index < -0.39 is 0 Å². The summed E-state index contributed by atoms with van der Waals surface area (Å²) >= 11 is 0. The number of nitrogens with one attached hydrogen (secondary N) is 2. The van der Waals surface area contributed by atoms with Crippen molar-refractivity contribution >= 4 is 11.8 Å². The van der Waals surface area contributed by atoms with Gasteiger partial charge in [-0.1, -0.05) is 62.4 Å². The van der Waals surface area contributed by atoms with Crippen molar-refractivity contribution < 1.29 is 4.74 Å². The number of aromatic nitrogens is 2. The van der Waals surface area contributed by atoms with Crippen LogP contribution in [0, 0.1) is 5.92 Å². The van der Waals surface area contributed by atoms with Crippen LogP contribution in [-0.2, 0) is 6.54 Å². The summed E-state index contributed by atoms with van der Waals surface area (Å²) in [6.07, 6.45) is 0. The molecule has 0 saturated heterocycles. The van der Waals surface area contributed by atoms with Crippen molar-refractivity contribution in [3.63, 3.8) is 0 Å². The molecular formula is C22H26N4O. The Morgan fingerprint density at radius 2 is 1.67 bits per heavy atom. The Morgan fingerprint density at radius 1 is 0.926 bits per heavy atom. The van der Waals surface area contributed by atoms with Gasteiger partial charge in [-0.3, -0.25) is 0 Å². The zero-order valence-corrected chi connectivity index (χ0v) is 16.1. The Kier molecular flexibility index (Phi) is 6.26. The fourth-order valence-electron chi connectivity index (χ4n) is 2.71. The SMILES string of the molecule is COc1ccccc1CNc1nc(NCC(C)C)cc(-c2ccccc2)n1. The van der Waals surface area contributed by atoms with Gasteiger partial charge >= 0.3 is 0 Å². The topological polar surface area (TPSA) is 59.1 Å². The van der Waals surface area contributed by atoms with E-state index in [0.29, 0.717) is 18.4 Å². The smallest absolute Gasteiger partial charge is 0.225 e. The number of hydrogen-bond acceptors (Lipinski definition) is 5. The average molecular weight is 362 g/mol. The molecule has 5 nitrogen and oxygen atoms in total. The largest absolute Gasteiger partial charge is 0.496 e. The molecule has 27 heavy (non-hydrogen) atoms. The highest BCUT2D eigenvalue weighted by Gasteiger charge is 2.08. The summed E-state index contributed by atoms with van der Waals surface area (Å²) in [5.41, 5.74) is 3.01. The second-order valence-corrected chi connectivity index (χ2v) is 6.77. The Labute approximate surface area is 160 Å². The Hall–Kier alpha value is -3.08. The highest BCUT2D eigenvalue weighted by molar-refractivity contribution is 5.64. The molecule has 3 rings (SSSR count). The van der Waals surface area contributed by atoms with Gasteiger partial charge in [0.05, 0.1) is 12.8 Å². The second kappa shape index (κ2) is 9.03. The van der Waals surface area contributed by atoms with Gasteiger partial charge < -0.3 is 15.4 Å². The molecule has 0 aliphatic heterocycles. The van der Waals surface area contributed by atoms with E-state index in [1.165, 1.54) is 0 Å². The maximum atomic E-state index is 5.42. The molecule has 2 aromatic carbocycles. The summed E-state index contributed by atoms with van der Waals surface area (Å²) < 4.78 is 5.42. The normalized spacial score (nSPS) is 10.7. The Bertz CT molecular complexity index is 865. The van der Waals surface area contributed by atoms with E-state index in [4.69, 9.17) is 9.72 Å². The van der Waals surface area contributed by atoms with Crippen LogP contribution in [0.25, 0.3) is 11.3 Å². The molecule has 0 saturated carbocycles. The van der Waals surface area contributed by atoms with E-state index in [0.717, 1.165) is 34.9 Å². The number of anilines is 2. The van der Waals surface area contributed by atoms with Crippen molar-refractivity contribution in [2.24, 2.45) is 5.92 Å². The molecule has 0 radical (unpaired) electrons. The van der Waals surface area contributed by atoms with E-state index in [2.05, 4.69) is 41.6 Å². The van der Waals surface area contributed by atoms with Crippen molar-refractivity contribution in [1.82, 2.24) is 9.97 Å². The average Bonchev–Trinajstić information content (AvgIpc) is 2.71. The fourth-order valence-corrected chi connectivity index (χ4v) is 2.71. The molecule has 2 N–H and O–H groups in total. The molecule has 0 aliphatic carbocycles. The van der Waals surface area contributed by atoms with Gasteiger partial charge in [-0.25, -0.2) is 4.98 Å². The lowest BCUT2D eigenvalue weighted by Crippen LogP contribution is -2.12. The van der Waals surface area contributed by atoms with Crippen LogP contribution in [0.1, 0.15) is 19.4 Å². The number of nitrogens with zero attached hydrogens (tertiary/aromatic N) is 2. The minimum atomic E-state index is 0.533. The third-order valence-corrected chi connectivity index (χ3v) is 4.12. The predicted octanol–water partition coefficient (Wildman–Crippen LogP) is 4.83. The van der Waals surface area contributed by atoms with Gasteiger partial charge in [-0.05, 0) is 12.0 Å². The third-order valence-electron chi connectivity index (χ3n) is 4.12. The van der Waals surface area contributed by atoms with Gasteiger partial charge in [0.2, 0.25) is 5.95 Å². The van der Waals surface area contributed by atoms with E-state index in [-0.39, 0.29) is 0 Å². The first-order valence-corrected chi connectivity index (χ1v) is 9.20. The molecule has 0 fully saturated rings. The van der Waals surface area contributed by atoms with Crippen LogP contribution in [0.3, 0.4) is 0 Å². The molecule has 0 aliphatic rings. The summed E-state index contributed by atoms with van der Waals surface area (Å²) in [4.78, 5) is 9.33. The van der Waals surface area contributed by atoms with Crippen LogP contribution in [0.2, 0.25) is 0 Å². The molecule has 0 amide bonds. The molecule has 140 valence electrons. The highest BCUT2D eigenvalue weighted by Crippen LogP contribution is 2.23. The van der Waals surface area contributed by atoms with E-state index >= 15 is 0 Å². The lowest BCUT2D eigenvalue weighted by atomic mass is 10.1. The first kappa shape index (κ1) is 18.7. The number of benzene rings is 2. The minimum absolute atomic E-state index is 0.533. The van der Waals surface area contributed by atoms with E-state index in [1.54, 1.807) is 7.11 Å². The van der Waals surface area contributed by atoms with Crippen LogP contribution >= 0.6 is 0 Å². The van der Waals surface area contributed by atoms with Gasteiger partial charge in [0.1, 0.15) is 11.6 Å². The van der Waals surface area contributed by atoms with Crippen LogP contribution in [0.15, 0.2) is 60.7 Å². The van der Waals surface area contributed by atoms with Gasteiger partial charge in [-0.15, -0.1) is 0 Å². The molecule has 0 atom stereocenters. The number of methoxy groups -OCH3 is 1. The monoisotopic (exact) mass is 362 g/mol. The highest BCUT2D eigenvalue weighted by atomic mass is 16.5. The maximum Gasteiger partial charge on any atom is 0.225 e. The van der Waals surface area contributed by atoms with Gasteiger partial charge in [0, 0.05) is 30.3 Å². The number of hydrogen-bond donors (Lipinski definition) is 2. The zero-order chi connectivity index (χ0) is 19.1. The summed E-state index contributed by atoms with van der Waals surface area (Å²) in [7, 11) is 1.68. The summed E-state index contributed by atoms with van der Waals surface area (Å²) in [5.74, 6) is 2.79. The van der Waals surface area contributed by atoms with Crippen molar-refractivity contribution in [1.29, 1.82) is 0 Å². The van der Waals surface area contributed by atoms with Crippen molar-refractivity contribution in [3.05, 3.63) is 66.2 Å². The van der Waals surface area contributed by atoms with Crippen LogP contribution in [0.4, 0.5) is 11.8 Å². The van der Waals surface area contributed by atoms with Gasteiger partial charge in [-0.2, -0.15) is 4.98 Å². The molecule has 5 heteroatoms. The number of rotatable bonds is 8. The van der Waals surface area contributed by atoms with Crippen LogP contribution in [-0.4, -0.2) is 23.6 Å². The molecule has 1 aromatic heterocycles. The van der Waals surface area contributed by atoms with Crippen LogP contribution < -0.4 is 15.4 Å². The molecule has 1 heterocycles. The zero-order valence-electron chi connectivity index (χ0n) is 16.1. The molecule has 0 spiro atoms. The number of para-hydroxylation sites is 1. The van der Waals surface area contributed by atoms with E-state index in [1.807, 2.05) is 48.5 Å². The molecular weight excluding hydrogens is 336 g/mol. The quantitative estimate of drug-likeness (QED) is 0.601. The lowest BCUT2D eigenvalue weighted by molar-refractivity contribution is 0.410. The summed E-state index contributed by atoms with van der Waals surface area (Å²) in [5, 5.41) is 6.73. The Balaban J connectivity index is 1.85. The third kappa shape index (κ3) is 5.20. The molecule has 0 bridgehead atoms. The second-order valence-electron chi connectivity index (χ2n) is 6.77. The molecule has 0 unspecified atom stereocenters. The standard InChI is InChI=1S/C22H26N4O/c1-16(2)14-23-21-13-19(17-9-5-4-6-10-17)25-22(26-21)24-15-18-11-7-8-12-20(18)27-3/h4-13,16H,14-15H2,1-3H3,(H2,23,24,25,26). The summed E-state index contributed by atoms with van der Waals surface area (Å²) in [6, 6.07) is 20.1. The van der Waals surface area contributed by atoms with E-state index in [9.17, 15) is 0 Å². The fraction of sp³-hybridized carbons (Fsp3) is 0.273. The van der Waals surface area contributed by atoms with Gasteiger partial charge in [0.15, 0.2) is 0 Å². The van der Waals surface area contributed by atoms with Crippen LogP contribution in [0.5, 0.6) is 5.75 Å². The first-order chi connectivity index (χ1) is 13.2. The first-order valence-electron chi connectivity index (χ1n) is 9.20. The Morgan fingerprint density at radius 3 is 2.41 bits per heavy atom. The lowest BCUT2D eigenvalue weighted by Gasteiger charge is -2.13. The maximum absolute atomic E-state index is 5.42. The predicted molar refractivity (Wildman–Crippen MR) is 111 cm³/mol. The van der Waals surface area contributed by atoms with Crippen molar-refractivity contribution in [2.45, 2.75) is 20.4 Å². The summed E-state index contributed by atoms with van der Waals surface area (Å²) in [6.45, 7) is 5.79.